The zero-order valence-corrected chi connectivity index (χ0v) is 15.9. The Labute approximate surface area is 168 Å². The Morgan fingerprint density at radius 2 is 1.52 bits per heavy atom. The van der Waals surface area contributed by atoms with Crippen molar-refractivity contribution in [3.63, 3.8) is 0 Å². The highest BCUT2D eigenvalue weighted by atomic mass is 16.5. The molecule has 0 saturated heterocycles. The molecule has 0 spiro atoms. The zero-order valence-electron chi connectivity index (χ0n) is 15.9. The van der Waals surface area contributed by atoms with Crippen molar-refractivity contribution in [1.29, 1.82) is 0 Å². The summed E-state index contributed by atoms with van der Waals surface area (Å²) in [5.74, 6) is -1.13. The van der Waals surface area contributed by atoms with Crippen LogP contribution in [-0.4, -0.2) is 34.9 Å². The van der Waals surface area contributed by atoms with E-state index in [2.05, 4.69) is 4.98 Å². The van der Waals surface area contributed by atoms with Gasteiger partial charge in [-0.2, -0.15) is 0 Å². The smallest absolute Gasteiger partial charge is 0.344 e. The topological polar surface area (TPSA) is 79.5 Å². The van der Waals surface area contributed by atoms with E-state index in [0.29, 0.717) is 19.5 Å². The Bertz CT molecular complexity index is 1000. The van der Waals surface area contributed by atoms with E-state index in [1.54, 1.807) is 4.90 Å². The number of rotatable bonds is 8. The van der Waals surface area contributed by atoms with Crippen molar-refractivity contribution in [3.8, 4) is 0 Å². The fraction of sp³-hybridized carbons (Fsp3) is 0.174. The molecule has 3 rings (SSSR count). The highest BCUT2D eigenvalue weighted by molar-refractivity contribution is 5.90. The van der Waals surface area contributed by atoms with Crippen LogP contribution in [0.25, 0.3) is 0 Å². The molecule has 2 aromatic carbocycles. The Kier molecular flexibility index (Phi) is 6.95. The van der Waals surface area contributed by atoms with Crippen molar-refractivity contribution in [1.82, 2.24) is 9.88 Å². The van der Waals surface area contributed by atoms with Gasteiger partial charge in [0.1, 0.15) is 5.56 Å². The second kappa shape index (κ2) is 10.0. The van der Waals surface area contributed by atoms with E-state index in [9.17, 15) is 14.4 Å². The van der Waals surface area contributed by atoms with E-state index in [1.807, 2.05) is 60.7 Å². The van der Waals surface area contributed by atoms with Crippen molar-refractivity contribution in [2.24, 2.45) is 0 Å². The number of H-pyrrole nitrogens is 1. The van der Waals surface area contributed by atoms with E-state index >= 15 is 0 Å². The minimum atomic E-state index is -0.817. The lowest BCUT2D eigenvalue weighted by atomic mass is 10.1. The Morgan fingerprint density at radius 3 is 2.17 bits per heavy atom. The summed E-state index contributed by atoms with van der Waals surface area (Å²) < 4.78 is 5.09. The van der Waals surface area contributed by atoms with Crippen molar-refractivity contribution in [2.45, 2.75) is 13.0 Å². The first kappa shape index (κ1) is 20.1. The molecule has 1 heterocycles. The molecule has 6 heteroatoms. The van der Waals surface area contributed by atoms with Gasteiger partial charge in [-0.1, -0.05) is 60.7 Å². The van der Waals surface area contributed by atoms with Crippen molar-refractivity contribution in [3.05, 3.63) is 106 Å². The highest BCUT2D eigenvalue weighted by Crippen LogP contribution is 2.08. The molecule has 148 valence electrons. The summed E-state index contributed by atoms with van der Waals surface area (Å²) in [7, 11) is 0. The first-order chi connectivity index (χ1) is 14.1. The monoisotopic (exact) mass is 390 g/mol. The highest BCUT2D eigenvalue weighted by Gasteiger charge is 2.18. The van der Waals surface area contributed by atoms with Crippen LogP contribution in [0.5, 0.6) is 0 Å². The van der Waals surface area contributed by atoms with Crippen LogP contribution in [0.15, 0.2) is 83.8 Å². The molecule has 0 radical (unpaired) electrons. The molecule has 0 aliphatic heterocycles. The van der Waals surface area contributed by atoms with Crippen LogP contribution in [0.4, 0.5) is 0 Å². The number of amides is 1. The minimum Gasteiger partial charge on any atom is -0.452 e. The standard InChI is InChI=1S/C23H22N2O4/c26-21(17-29-23(28)20-12-7-14-24-22(20)27)25(16-19-10-5-2-6-11-19)15-13-18-8-3-1-4-9-18/h1-12,14H,13,15-17H2,(H,24,27). The van der Waals surface area contributed by atoms with E-state index in [-0.39, 0.29) is 11.5 Å². The third kappa shape index (κ3) is 5.90. The molecule has 0 saturated carbocycles. The fourth-order valence-corrected chi connectivity index (χ4v) is 2.88. The lowest BCUT2D eigenvalue weighted by Gasteiger charge is -2.23. The molecule has 0 aliphatic rings. The van der Waals surface area contributed by atoms with Gasteiger partial charge < -0.3 is 14.6 Å². The number of aromatic nitrogens is 1. The predicted octanol–water partition coefficient (Wildman–Crippen LogP) is 2.80. The number of esters is 1. The van der Waals surface area contributed by atoms with Crippen LogP contribution in [0.3, 0.4) is 0 Å². The van der Waals surface area contributed by atoms with Gasteiger partial charge in [0.2, 0.25) is 0 Å². The zero-order chi connectivity index (χ0) is 20.5. The lowest BCUT2D eigenvalue weighted by Crippen LogP contribution is -2.36. The fourth-order valence-electron chi connectivity index (χ4n) is 2.88. The predicted molar refractivity (Wildman–Crippen MR) is 109 cm³/mol. The number of carbonyl (C=O) groups excluding carboxylic acids is 2. The summed E-state index contributed by atoms with van der Waals surface area (Å²) in [6.45, 7) is 0.478. The van der Waals surface area contributed by atoms with E-state index in [4.69, 9.17) is 4.74 Å². The normalized spacial score (nSPS) is 10.3. The molecule has 0 fully saturated rings. The molecule has 3 aromatic rings. The van der Waals surface area contributed by atoms with Crippen molar-refractivity contribution < 1.29 is 14.3 Å². The second-order valence-corrected chi connectivity index (χ2v) is 6.53. The largest absolute Gasteiger partial charge is 0.452 e. The minimum absolute atomic E-state index is 0.126. The molecule has 1 amide bonds. The van der Waals surface area contributed by atoms with Gasteiger partial charge in [-0.25, -0.2) is 4.79 Å². The summed E-state index contributed by atoms with van der Waals surface area (Å²) in [6, 6.07) is 22.4. The summed E-state index contributed by atoms with van der Waals surface area (Å²) in [5.41, 5.74) is 1.43. The number of carbonyl (C=O) groups is 2. The number of ether oxygens (including phenoxy) is 1. The van der Waals surface area contributed by atoms with Crippen molar-refractivity contribution in [2.75, 3.05) is 13.2 Å². The maximum atomic E-state index is 12.8. The average molecular weight is 390 g/mol. The molecule has 0 bridgehead atoms. The number of nitrogens with one attached hydrogen (secondary N) is 1. The van der Waals surface area contributed by atoms with Gasteiger partial charge in [0, 0.05) is 19.3 Å². The number of nitrogens with zero attached hydrogens (tertiary/aromatic N) is 1. The lowest BCUT2D eigenvalue weighted by molar-refractivity contribution is -0.135. The number of pyridine rings is 1. The molecule has 6 nitrogen and oxygen atoms in total. The third-order valence-corrected chi connectivity index (χ3v) is 4.45. The molecule has 1 N–H and O–H groups in total. The van der Waals surface area contributed by atoms with Gasteiger partial charge in [0.15, 0.2) is 6.61 Å². The summed E-state index contributed by atoms with van der Waals surface area (Å²) in [6.07, 6.45) is 2.11. The molecule has 29 heavy (non-hydrogen) atoms. The van der Waals surface area contributed by atoms with Crippen LogP contribution >= 0.6 is 0 Å². The Hall–Kier alpha value is -3.67. The Morgan fingerprint density at radius 1 is 0.862 bits per heavy atom. The van der Waals surface area contributed by atoms with Gasteiger partial charge in [-0.3, -0.25) is 9.59 Å². The van der Waals surface area contributed by atoms with Crippen LogP contribution in [0.1, 0.15) is 21.5 Å². The van der Waals surface area contributed by atoms with Crippen LogP contribution in [0, 0.1) is 0 Å². The number of aromatic amines is 1. The first-order valence-corrected chi connectivity index (χ1v) is 9.34. The molecular formula is C23H22N2O4. The van der Waals surface area contributed by atoms with E-state index < -0.39 is 18.1 Å². The van der Waals surface area contributed by atoms with Gasteiger partial charge >= 0.3 is 5.97 Å². The Balaban J connectivity index is 1.65. The number of hydrogen-bond donors (Lipinski definition) is 1. The van der Waals surface area contributed by atoms with Crippen molar-refractivity contribution >= 4 is 11.9 Å². The van der Waals surface area contributed by atoms with E-state index in [0.717, 1.165) is 11.1 Å². The molecular weight excluding hydrogens is 368 g/mol. The van der Waals surface area contributed by atoms with Crippen LogP contribution in [-0.2, 0) is 22.5 Å². The van der Waals surface area contributed by atoms with Gasteiger partial charge in [0.25, 0.3) is 11.5 Å². The molecule has 0 unspecified atom stereocenters. The average Bonchev–Trinajstić information content (AvgIpc) is 2.76. The summed E-state index contributed by atoms with van der Waals surface area (Å²) in [5, 5.41) is 0. The number of hydrogen-bond acceptors (Lipinski definition) is 4. The van der Waals surface area contributed by atoms with E-state index in [1.165, 1.54) is 18.3 Å². The van der Waals surface area contributed by atoms with Crippen LogP contribution < -0.4 is 5.56 Å². The summed E-state index contributed by atoms with van der Waals surface area (Å²) >= 11 is 0. The first-order valence-electron chi connectivity index (χ1n) is 9.34. The van der Waals surface area contributed by atoms with Gasteiger partial charge in [-0.15, -0.1) is 0 Å². The van der Waals surface area contributed by atoms with Crippen LogP contribution in [0.2, 0.25) is 0 Å². The van der Waals surface area contributed by atoms with Gasteiger partial charge in [0.05, 0.1) is 0 Å². The number of benzene rings is 2. The second-order valence-electron chi connectivity index (χ2n) is 6.53. The van der Waals surface area contributed by atoms with Gasteiger partial charge in [-0.05, 0) is 29.7 Å². The molecule has 1 aromatic heterocycles. The summed E-state index contributed by atoms with van der Waals surface area (Å²) in [4.78, 5) is 40.6. The molecule has 0 atom stereocenters. The quantitative estimate of drug-likeness (QED) is 0.600. The molecule has 0 aliphatic carbocycles. The maximum absolute atomic E-state index is 12.8. The SMILES string of the molecule is O=C(OCC(=O)N(CCc1ccccc1)Cc1ccccc1)c1ccc[nH]c1=O. The third-order valence-electron chi connectivity index (χ3n) is 4.45. The maximum Gasteiger partial charge on any atom is 0.344 e.